The van der Waals surface area contributed by atoms with E-state index in [4.69, 9.17) is 0 Å². The highest BCUT2D eigenvalue weighted by atomic mass is 15.5. The van der Waals surface area contributed by atoms with E-state index >= 15 is 0 Å². The molecule has 1 aromatic heterocycles. The summed E-state index contributed by atoms with van der Waals surface area (Å²) in [5, 5.41) is 8.24. The van der Waals surface area contributed by atoms with Crippen molar-refractivity contribution in [3.8, 4) is 0 Å². The van der Waals surface area contributed by atoms with Gasteiger partial charge in [0, 0.05) is 6.20 Å². The lowest BCUT2D eigenvalue weighted by atomic mass is 10.3. The van der Waals surface area contributed by atoms with E-state index in [9.17, 15) is 0 Å². The number of fused-ring (bicyclic) bond motifs is 1. The van der Waals surface area contributed by atoms with Crippen molar-refractivity contribution in [2.75, 3.05) is 0 Å². The van der Waals surface area contributed by atoms with Crippen LogP contribution in [0.4, 0.5) is 0 Å². The molecule has 0 atom stereocenters. The maximum absolute atomic E-state index is 4.12. The highest BCUT2D eigenvalue weighted by Crippen LogP contribution is 2.06. The molecule has 0 aliphatic rings. The standard InChI is InChI=1S/C8H7N3/c1-2-11-9-7-5-3-4-6-8(7)10-11/h2-6H,1H2. The molecule has 0 aliphatic carbocycles. The Balaban J connectivity index is 2.78. The average Bonchev–Trinajstić information content (AvgIpc) is 2.46. The summed E-state index contributed by atoms with van der Waals surface area (Å²) in [6, 6.07) is 7.71. The van der Waals surface area contributed by atoms with Crippen molar-refractivity contribution in [2.45, 2.75) is 0 Å². The molecule has 3 heteroatoms. The van der Waals surface area contributed by atoms with Gasteiger partial charge in [0.2, 0.25) is 0 Å². The van der Waals surface area contributed by atoms with E-state index in [0.29, 0.717) is 0 Å². The lowest BCUT2D eigenvalue weighted by Gasteiger charge is -1.79. The summed E-state index contributed by atoms with van der Waals surface area (Å²) in [6.45, 7) is 3.56. The van der Waals surface area contributed by atoms with Crippen LogP contribution in [0.15, 0.2) is 30.8 Å². The quantitative estimate of drug-likeness (QED) is 0.609. The highest BCUT2D eigenvalue weighted by Gasteiger charge is 1.95. The lowest BCUT2D eigenvalue weighted by molar-refractivity contribution is 0.813. The van der Waals surface area contributed by atoms with Gasteiger partial charge in [-0.1, -0.05) is 18.7 Å². The third kappa shape index (κ3) is 0.902. The van der Waals surface area contributed by atoms with Crippen molar-refractivity contribution in [1.82, 2.24) is 15.0 Å². The predicted molar refractivity (Wildman–Crippen MR) is 43.9 cm³/mol. The summed E-state index contributed by atoms with van der Waals surface area (Å²) in [7, 11) is 0. The Hall–Kier alpha value is -1.64. The number of hydrogen-bond acceptors (Lipinski definition) is 2. The second-order valence-corrected chi connectivity index (χ2v) is 2.19. The van der Waals surface area contributed by atoms with Gasteiger partial charge in [0.1, 0.15) is 11.0 Å². The van der Waals surface area contributed by atoms with Crippen LogP contribution in [-0.2, 0) is 0 Å². The molecule has 0 saturated carbocycles. The Kier molecular flexibility index (Phi) is 1.22. The summed E-state index contributed by atoms with van der Waals surface area (Å²) in [6.07, 6.45) is 1.57. The van der Waals surface area contributed by atoms with Gasteiger partial charge >= 0.3 is 0 Å². The third-order valence-electron chi connectivity index (χ3n) is 1.47. The molecular weight excluding hydrogens is 138 g/mol. The fourth-order valence-corrected chi connectivity index (χ4v) is 0.958. The molecule has 0 unspecified atom stereocenters. The van der Waals surface area contributed by atoms with Crippen molar-refractivity contribution >= 4 is 17.2 Å². The zero-order chi connectivity index (χ0) is 7.68. The molecule has 0 fully saturated rings. The molecule has 0 radical (unpaired) electrons. The molecule has 0 spiro atoms. The van der Waals surface area contributed by atoms with Gasteiger partial charge < -0.3 is 0 Å². The number of aromatic nitrogens is 3. The molecule has 0 bridgehead atoms. The van der Waals surface area contributed by atoms with E-state index in [2.05, 4.69) is 16.8 Å². The number of rotatable bonds is 1. The molecule has 1 heterocycles. The molecule has 0 N–H and O–H groups in total. The second kappa shape index (κ2) is 2.20. The van der Waals surface area contributed by atoms with Crippen LogP contribution < -0.4 is 0 Å². The van der Waals surface area contributed by atoms with Crippen LogP contribution >= 0.6 is 0 Å². The van der Waals surface area contributed by atoms with E-state index in [1.54, 1.807) is 6.20 Å². The van der Waals surface area contributed by atoms with E-state index in [1.807, 2.05) is 24.3 Å². The Morgan fingerprint density at radius 3 is 2.18 bits per heavy atom. The first kappa shape index (κ1) is 6.09. The molecule has 54 valence electrons. The smallest absolute Gasteiger partial charge is 0.113 e. The Bertz CT molecular complexity index is 356. The molecule has 11 heavy (non-hydrogen) atoms. The van der Waals surface area contributed by atoms with Crippen molar-refractivity contribution < 1.29 is 0 Å². The summed E-state index contributed by atoms with van der Waals surface area (Å²) < 4.78 is 0. The number of nitrogens with zero attached hydrogens (tertiary/aromatic N) is 3. The van der Waals surface area contributed by atoms with Crippen molar-refractivity contribution in [3.05, 3.63) is 30.8 Å². The molecule has 2 rings (SSSR count). The zero-order valence-corrected chi connectivity index (χ0v) is 5.94. The Morgan fingerprint density at radius 1 is 1.18 bits per heavy atom. The van der Waals surface area contributed by atoms with Gasteiger partial charge in [0.05, 0.1) is 0 Å². The maximum atomic E-state index is 4.12. The van der Waals surface area contributed by atoms with Gasteiger partial charge in [0.15, 0.2) is 0 Å². The minimum absolute atomic E-state index is 0.896. The Labute approximate surface area is 63.9 Å². The Morgan fingerprint density at radius 2 is 1.73 bits per heavy atom. The van der Waals surface area contributed by atoms with Gasteiger partial charge in [-0.3, -0.25) is 0 Å². The normalized spacial score (nSPS) is 10.2. The van der Waals surface area contributed by atoms with Crippen LogP contribution in [0.2, 0.25) is 0 Å². The molecule has 0 amide bonds. The largest absolute Gasteiger partial charge is 0.158 e. The molecule has 0 aliphatic heterocycles. The van der Waals surface area contributed by atoms with Crippen molar-refractivity contribution in [1.29, 1.82) is 0 Å². The van der Waals surface area contributed by atoms with E-state index in [0.717, 1.165) is 11.0 Å². The fourth-order valence-electron chi connectivity index (χ4n) is 0.958. The minimum atomic E-state index is 0.896. The van der Waals surface area contributed by atoms with E-state index in [-0.39, 0.29) is 0 Å². The highest BCUT2D eigenvalue weighted by molar-refractivity contribution is 5.73. The summed E-state index contributed by atoms with van der Waals surface area (Å²) in [4.78, 5) is 1.46. The van der Waals surface area contributed by atoms with Gasteiger partial charge in [0.25, 0.3) is 0 Å². The van der Waals surface area contributed by atoms with Crippen LogP contribution in [0.5, 0.6) is 0 Å². The van der Waals surface area contributed by atoms with Crippen molar-refractivity contribution in [2.24, 2.45) is 0 Å². The molecule has 0 saturated heterocycles. The summed E-state index contributed by atoms with van der Waals surface area (Å²) in [5.41, 5.74) is 1.79. The number of benzene rings is 1. The summed E-state index contributed by atoms with van der Waals surface area (Å²) in [5.74, 6) is 0. The van der Waals surface area contributed by atoms with Gasteiger partial charge in [-0.25, -0.2) is 0 Å². The van der Waals surface area contributed by atoms with Gasteiger partial charge in [-0.15, -0.1) is 10.2 Å². The zero-order valence-electron chi connectivity index (χ0n) is 5.94. The first-order chi connectivity index (χ1) is 5.40. The van der Waals surface area contributed by atoms with E-state index in [1.165, 1.54) is 4.80 Å². The van der Waals surface area contributed by atoms with E-state index < -0.39 is 0 Å². The van der Waals surface area contributed by atoms with Crippen LogP contribution in [0.25, 0.3) is 17.2 Å². The molecule has 2 aromatic rings. The topological polar surface area (TPSA) is 30.7 Å². The van der Waals surface area contributed by atoms with Crippen LogP contribution in [-0.4, -0.2) is 15.0 Å². The van der Waals surface area contributed by atoms with Crippen LogP contribution in [0.3, 0.4) is 0 Å². The second-order valence-electron chi connectivity index (χ2n) is 2.19. The van der Waals surface area contributed by atoms with Crippen molar-refractivity contribution in [3.63, 3.8) is 0 Å². The molecule has 1 aromatic carbocycles. The molecular formula is C8H7N3. The average molecular weight is 145 g/mol. The summed E-state index contributed by atoms with van der Waals surface area (Å²) >= 11 is 0. The first-order valence-corrected chi connectivity index (χ1v) is 3.34. The first-order valence-electron chi connectivity index (χ1n) is 3.34. The minimum Gasteiger partial charge on any atom is -0.158 e. The van der Waals surface area contributed by atoms with Crippen LogP contribution in [0.1, 0.15) is 0 Å². The fraction of sp³-hybridized carbons (Fsp3) is 0. The monoisotopic (exact) mass is 145 g/mol. The SMILES string of the molecule is C=Cn1nc2ccccc2n1. The van der Waals surface area contributed by atoms with Gasteiger partial charge in [-0.2, -0.15) is 4.80 Å². The predicted octanol–water partition coefficient (Wildman–Crippen LogP) is 1.53. The van der Waals surface area contributed by atoms with Gasteiger partial charge in [-0.05, 0) is 12.1 Å². The lowest BCUT2D eigenvalue weighted by Crippen LogP contribution is -1.88. The maximum Gasteiger partial charge on any atom is 0.113 e. The third-order valence-corrected chi connectivity index (χ3v) is 1.47. The number of hydrogen-bond donors (Lipinski definition) is 0. The molecule has 3 nitrogen and oxygen atoms in total. The van der Waals surface area contributed by atoms with Crippen LogP contribution in [0, 0.1) is 0 Å².